The molecule has 11 atom stereocenters. The SMILES string of the molecule is COC(=O)CNC(=O)CC(C)(O)CC(=O)O[C@@H]1C[C@]2(C)C3=C(CCC2C(C)(C)[C@H]1O)[C@]1(C)CCC([C@H](CO)CC[C@@H](O)C(C)(C)O)[C@@]1(C)[C@@H](O)C3. The topological polar surface area (TPSA) is 203 Å². The van der Waals surface area contributed by atoms with Crippen LogP contribution >= 0.6 is 0 Å². The second-order valence-electron chi connectivity index (χ2n) is 18.3. The maximum absolute atomic E-state index is 13.3. The summed E-state index contributed by atoms with van der Waals surface area (Å²) in [5.74, 6) is -2.13. The van der Waals surface area contributed by atoms with E-state index >= 15 is 0 Å². The highest BCUT2D eigenvalue weighted by Gasteiger charge is 2.67. The van der Waals surface area contributed by atoms with Crippen molar-refractivity contribution in [3.63, 3.8) is 0 Å². The molecule has 12 nitrogen and oxygen atoms in total. The first-order valence-corrected chi connectivity index (χ1v) is 18.7. The number of hydrogen-bond acceptors (Lipinski definition) is 11. The number of carbonyl (C=O) groups excluding carboxylic acids is 3. The Hall–Kier alpha value is -2.09. The van der Waals surface area contributed by atoms with Crippen LogP contribution in [0.1, 0.15) is 120 Å². The number of nitrogens with one attached hydrogen (secondary N) is 1. The van der Waals surface area contributed by atoms with Gasteiger partial charge >= 0.3 is 11.9 Å². The Labute approximate surface area is 303 Å². The number of methoxy groups -OCH3 is 1. The van der Waals surface area contributed by atoms with Crippen molar-refractivity contribution in [2.45, 2.75) is 155 Å². The smallest absolute Gasteiger partial charge is 0.325 e. The highest BCUT2D eigenvalue weighted by Crippen LogP contribution is 2.72. The van der Waals surface area contributed by atoms with Crippen LogP contribution in [0.3, 0.4) is 0 Å². The molecule has 7 N–H and O–H groups in total. The van der Waals surface area contributed by atoms with Crippen LogP contribution in [0.25, 0.3) is 0 Å². The van der Waals surface area contributed by atoms with Gasteiger partial charge in [-0.15, -0.1) is 0 Å². The van der Waals surface area contributed by atoms with Crippen LogP contribution < -0.4 is 5.32 Å². The molecule has 12 heteroatoms. The van der Waals surface area contributed by atoms with E-state index in [1.165, 1.54) is 25.2 Å². The van der Waals surface area contributed by atoms with Gasteiger partial charge in [0.15, 0.2) is 0 Å². The van der Waals surface area contributed by atoms with Crippen molar-refractivity contribution >= 4 is 17.8 Å². The van der Waals surface area contributed by atoms with Gasteiger partial charge in [0.05, 0.1) is 49.5 Å². The monoisotopic (exact) mass is 723 g/mol. The van der Waals surface area contributed by atoms with Crippen molar-refractivity contribution in [1.29, 1.82) is 0 Å². The van der Waals surface area contributed by atoms with Crippen LogP contribution in [0.15, 0.2) is 11.1 Å². The van der Waals surface area contributed by atoms with E-state index in [0.29, 0.717) is 25.7 Å². The Bertz CT molecular complexity index is 1350. The van der Waals surface area contributed by atoms with Gasteiger partial charge in [0, 0.05) is 12.0 Å². The highest BCUT2D eigenvalue weighted by molar-refractivity contribution is 5.83. The van der Waals surface area contributed by atoms with Crippen LogP contribution in [-0.2, 0) is 23.9 Å². The van der Waals surface area contributed by atoms with Crippen molar-refractivity contribution in [3.8, 4) is 0 Å². The Morgan fingerprint density at radius 2 is 1.61 bits per heavy atom. The molecule has 0 aliphatic heterocycles. The molecule has 0 heterocycles. The molecule has 0 aromatic rings. The molecule has 0 saturated heterocycles. The molecule has 2 saturated carbocycles. The van der Waals surface area contributed by atoms with E-state index in [4.69, 9.17) is 4.74 Å². The van der Waals surface area contributed by atoms with Gasteiger partial charge in [0.1, 0.15) is 12.6 Å². The van der Waals surface area contributed by atoms with Gasteiger partial charge < -0.3 is 45.4 Å². The molecule has 51 heavy (non-hydrogen) atoms. The fraction of sp³-hybridized carbons (Fsp3) is 0.872. The lowest BCUT2D eigenvalue weighted by Crippen LogP contribution is -2.62. The van der Waals surface area contributed by atoms with E-state index in [0.717, 1.165) is 25.7 Å². The molecule has 292 valence electrons. The van der Waals surface area contributed by atoms with Crippen LogP contribution in [0, 0.1) is 39.4 Å². The minimum absolute atomic E-state index is 0.00440. The molecule has 0 aromatic carbocycles. The number of rotatable bonds is 13. The summed E-state index contributed by atoms with van der Waals surface area (Å²) in [5.41, 5.74) is -2.57. The standard InChI is InChI=1S/C39H65NO11/c1-34(2)27-12-11-24-25(16-29(43)39(8)23(14-15-38(24,39)7)22(21-41)10-13-28(42)35(3,4)48)37(27,6)17-26(33(34)47)51-31(45)19-36(5,49)18-30(44)40-20-32(46)50-9/h22-23,26-29,33,41-43,47-49H,10-21H2,1-9H3,(H,40,44)/t22-,23?,26+,27?,28+,29-,33-,36?,37+,38-,39-/m0/s1. The average molecular weight is 724 g/mol. The number of allylic oxidation sites excluding steroid dienone is 1. The van der Waals surface area contributed by atoms with Crippen molar-refractivity contribution in [2.75, 3.05) is 20.3 Å². The van der Waals surface area contributed by atoms with Crippen molar-refractivity contribution in [3.05, 3.63) is 11.1 Å². The summed E-state index contributed by atoms with van der Waals surface area (Å²) in [6.07, 6.45) is 0.488. The van der Waals surface area contributed by atoms with Gasteiger partial charge in [-0.1, -0.05) is 45.8 Å². The number of fused-ring (bicyclic) bond motifs is 4. The number of aliphatic hydroxyl groups excluding tert-OH is 4. The van der Waals surface area contributed by atoms with Crippen molar-refractivity contribution in [2.24, 2.45) is 39.4 Å². The lowest BCUT2D eigenvalue weighted by atomic mass is 9.42. The van der Waals surface area contributed by atoms with Gasteiger partial charge in [0.2, 0.25) is 5.91 Å². The lowest BCUT2D eigenvalue weighted by Gasteiger charge is -2.64. The fourth-order valence-corrected chi connectivity index (χ4v) is 11.1. The Balaban J connectivity index is 1.58. The molecule has 0 spiro atoms. The zero-order valence-corrected chi connectivity index (χ0v) is 32.3. The molecule has 4 rings (SSSR count). The highest BCUT2D eigenvalue weighted by atomic mass is 16.6. The third-order valence-corrected chi connectivity index (χ3v) is 14.3. The lowest BCUT2D eigenvalue weighted by molar-refractivity contribution is -0.193. The van der Waals surface area contributed by atoms with Gasteiger partial charge in [0.25, 0.3) is 0 Å². The predicted octanol–water partition coefficient (Wildman–Crippen LogP) is 2.93. The number of ether oxygens (including phenoxy) is 2. The van der Waals surface area contributed by atoms with Crippen LogP contribution in [0.5, 0.6) is 0 Å². The van der Waals surface area contributed by atoms with E-state index < -0.39 is 82.6 Å². The van der Waals surface area contributed by atoms with Crippen LogP contribution in [0.4, 0.5) is 0 Å². The average Bonchev–Trinajstić information content (AvgIpc) is 3.30. The Kier molecular flexibility index (Phi) is 11.9. The molecule has 0 bridgehead atoms. The molecule has 0 aromatic heterocycles. The maximum Gasteiger partial charge on any atom is 0.325 e. The first-order valence-electron chi connectivity index (χ1n) is 18.7. The van der Waals surface area contributed by atoms with Crippen LogP contribution in [-0.4, -0.2) is 104 Å². The summed E-state index contributed by atoms with van der Waals surface area (Å²) in [6.45, 7) is 14.6. The van der Waals surface area contributed by atoms with Gasteiger partial charge in [-0.05, 0) is 106 Å². The summed E-state index contributed by atoms with van der Waals surface area (Å²) in [4.78, 5) is 37.0. The first kappa shape index (κ1) is 41.7. The second-order valence-corrected chi connectivity index (χ2v) is 18.3. The van der Waals surface area contributed by atoms with Crippen molar-refractivity contribution in [1.82, 2.24) is 5.32 Å². The number of hydrogen-bond donors (Lipinski definition) is 7. The number of amides is 1. The fourth-order valence-electron chi connectivity index (χ4n) is 11.1. The minimum atomic E-state index is -1.76. The van der Waals surface area contributed by atoms with Gasteiger partial charge in [-0.2, -0.15) is 0 Å². The van der Waals surface area contributed by atoms with Crippen molar-refractivity contribution < 1.29 is 54.5 Å². The second kappa shape index (κ2) is 14.6. The molecular formula is C39H65NO11. The first-order chi connectivity index (χ1) is 23.4. The normalized spacial score (nSPS) is 36.9. The molecule has 4 aliphatic carbocycles. The summed E-state index contributed by atoms with van der Waals surface area (Å²) in [6, 6.07) is 0. The van der Waals surface area contributed by atoms with E-state index in [9.17, 15) is 45.0 Å². The van der Waals surface area contributed by atoms with E-state index in [1.807, 2.05) is 13.8 Å². The quantitative estimate of drug-likeness (QED) is 0.109. The Morgan fingerprint density at radius 1 is 0.961 bits per heavy atom. The molecule has 0 radical (unpaired) electrons. The zero-order valence-electron chi connectivity index (χ0n) is 32.3. The summed E-state index contributed by atoms with van der Waals surface area (Å²) < 4.78 is 10.5. The maximum atomic E-state index is 13.3. The third kappa shape index (κ3) is 7.65. The number of esters is 2. The molecule has 4 aliphatic rings. The minimum Gasteiger partial charge on any atom is -0.468 e. The Morgan fingerprint density at radius 3 is 2.20 bits per heavy atom. The van der Waals surface area contributed by atoms with E-state index in [2.05, 4.69) is 30.8 Å². The third-order valence-electron chi connectivity index (χ3n) is 14.3. The van der Waals surface area contributed by atoms with E-state index in [-0.39, 0.29) is 36.3 Å². The summed E-state index contributed by atoms with van der Waals surface area (Å²) in [5, 5.41) is 68.6. The summed E-state index contributed by atoms with van der Waals surface area (Å²) in [7, 11) is 1.19. The summed E-state index contributed by atoms with van der Waals surface area (Å²) >= 11 is 0. The zero-order chi connectivity index (χ0) is 38.5. The molecule has 3 unspecified atom stereocenters. The van der Waals surface area contributed by atoms with Gasteiger partial charge in [-0.3, -0.25) is 14.4 Å². The molecule has 1 amide bonds. The number of aliphatic hydroxyl groups is 6. The largest absolute Gasteiger partial charge is 0.468 e. The molecule has 2 fully saturated rings. The number of carbonyl (C=O) groups is 3. The predicted molar refractivity (Wildman–Crippen MR) is 189 cm³/mol. The van der Waals surface area contributed by atoms with E-state index in [1.54, 1.807) is 13.8 Å². The van der Waals surface area contributed by atoms with Gasteiger partial charge in [-0.25, -0.2) is 0 Å². The van der Waals surface area contributed by atoms with Crippen LogP contribution in [0.2, 0.25) is 0 Å². The molecular weight excluding hydrogens is 658 g/mol.